The van der Waals surface area contributed by atoms with E-state index in [4.69, 9.17) is 0 Å². The Labute approximate surface area is 107 Å². The highest BCUT2D eigenvalue weighted by atomic mass is 15.2. The minimum Gasteiger partial charge on any atom is -0.341 e. The second-order valence-electron chi connectivity index (χ2n) is 4.50. The van der Waals surface area contributed by atoms with Crippen LogP contribution in [0.4, 0.5) is 5.95 Å². The zero-order valence-electron chi connectivity index (χ0n) is 10.3. The second kappa shape index (κ2) is 5.12. The summed E-state index contributed by atoms with van der Waals surface area (Å²) >= 11 is 0. The van der Waals surface area contributed by atoms with Gasteiger partial charge in [0.1, 0.15) is 0 Å². The van der Waals surface area contributed by atoms with Gasteiger partial charge in [-0.3, -0.25) is 4.98 Å². The predicted octanol–water partition coefficient (Wildman–Crippen LogP) is 2.53. The van der Waals surface area contributed by atoms with Crippen LogP contribution >= 0.6 is 0 Å². The van der Waals surface area contributed by atoms with Crippen molar-refractivity contribution in [3.8, 4) is 11.4 Å². The molecule has 2 aromatic rings. The number of nitrogens with zero attached hydrogens (tertiary/aromatic N) is 4. The molecule has 0 atom stereocenters. The maximum Gasteiger partial charge on any atom is 0.225 e. The van der Waals surface area contributed by atoms with E-state index in [0.29, 0.717) is 0 Å². The maximum atomic E-state index is 4.62. The van der Waals surface area contributed by atoms with Crippen molar-refractivity contribution in [3.05, 3.63) is 36.7 Å². The molecule has 92 valence electrons. The average Bonchev–Trinajstić information content (AvgIpc) is 2.49. The number of rotatable bonds is 2. The molecule has 1 aliphatic heterocycles. The van der Waals surface area contributed by atoms with Gasteiger partial charge < -0.3 is 4.90 Å². The van der Waals surface area contributed by atoms with Crippen molar-refractivity contribution in [2.45, 2.75) is 19.3 Å². The summed E-state index contributed by atoms with van der Waals surface area (Å²) in [6.07, 6.45) is 7.39. The van der Waals surface area contributed by atoms with Crippen LogP contribution in [0.5, 0.6) is 0 Å². The van der Waals surface area contributed by atoms with Crippen LogP contribution in [0.15, 0.2) is 36.7 Å². The lowest BCUT2D eigenvalue weighted by Crippen LogP contribution is -2.30. The lowest BCUT2D eigenvalue weighted by molar-refractivity contribution is 0.568. The van der Waals surface area contributed by atoms with Crippen LogP contribution in [0.1, 0.15) is 19.3 Å². The first kappa shape index (κ1) is 11.1. The maximum absolute atomic E-state index is 4.62. The fourth-order valence-corrected chi connectivity index (χ4v) is 2.25. The van der Waals surface area contributed by atoms with Crippen LogP contribution in [0.2, 0.25) is 0 Å². The molecule has 0 saturated carbocycles. The van der Waals surface area contributed by atoms with E-state index in [-0.39, 0.29) is 0 Å². The molecule has 0 radical (unpaired) electrons. The first-order valence-electron chi connectivity index (χ1n) is 6.43. The Kier molecular flexibility index (Phi) is 3.17. The van der Waals surface area contributed by atoms with E-state index in [0.717, 1.165) is 30.4 Å². The molecular formula is C14H16N4. The molecule has 18 heavy (non-hydrogen) atoms. The molecule has 2 aromatic heterocycles. The normalized spacial score (nSPS) is 15.7. The Hall–Kier alpha value is -1.97. The molecule has 0 N–H and O–H groups in total. The van der Waals surface area contributed by atoms with Gasteiger partial charge in [0.15, 0.2) is 0 Å². The number of aromatic nitrogens is 3. The Balaban J connectivity index is 1.89. The zero-order valence-corrected chi connectivity index (χ0v) is 10.3. The predicted molar refractivity (Wildman–Crippen MR) is 71.3 cm³/mol. The molecule has 0 spiro atoms. The lowest BCUT2D eigenvalue weighted by atomic mass is 10.1. The fourth-order valence-electron chi connectivity index (χ4n) is 2.25. The minimum atomic E-state index is 0.831. The van der Waals surface area contributed by atoms with E-state index in [1.54, 1.807) is 6.20 Å². The highest BCUT2D eigenvalue weighted by molar-refractivity contribution is 5.55. The lowest BCUT2D eigenvalue weighted by Gasteiger charge is -2.26. The molecule has 4 nitrogen and oxygen atoms in total. The smallest absolute Gasteiger partial charge is 0.225 e. The number of pyridine rings is 1. The monoisotopic (exact) mass is 240 g/mol. The van der Waals surface area contributed by atoms with E-state index in [1.807, 2.05) is 30.5 Å². The van der Waals surface area contributed by atoms with E-state index in [2.05, 4.69) is 19.9 Å². The third kappa shape index (κ3) is 2.32. The molecule has 4 heteroatoms. The first-order valence-corrected chi connectivity index (χ1v) is 6.43. The van der Waals surface area contributed by atoms with Gasteiger partial charge in [-0.05, 0) is 37.5 Å². The molecule has 3 heterocycles. The molecule has 0 aromatic carbocycles. The first-order chi connectivity index (χ1) is 8.93. The molecule has 0 amide bonds. The molecule has 0 aliphatic carbocycles. The van der Waals surface area contributed by atoms with Crippen LogP contribution in [0, 0.1) is 0 Å². The largest absolute Gasteiger partial charge is 0.341 e. The van der Waals surface area contributed by atoms with Gasteiger partial charge >= 0.3 is 0 Å². The highest BCUT2D eigenvalue weighted by Gasteiger charge is 2.14. The number of anilines is 1. The number of piperidine rings is 1. The average molecular weight is 240 g/mol. The van der Waals surface area contributed by atoms with Crippen molar-refractivity contribution in [2.24, 2.45) is 0 Å². The van der Waals surface area contributed by atoms with Crippen molar-refractivity contribution >= 4 is 5.95 Å². The van der Waals surface area contributed by atoms with Gasteiger partial charge in [0.2, 0.25) is 5.95 Å². The molecule has 0 bridgehead atoms. The third-order valence-electron chi connectivity index (χ3n) is 3.21. The number of hydrogen-bond acceptors (Lipinski definition) is 4. The molecule has 1 aliphatic rings. The summed E-state index contributed by atoms with van der Waals surface area (Å²) in [5, 5.41) is 0. The van der Waals surface area contributed by atoms with Gasteiger partial charge in [-0.25, -0.2) is 9.97 Å². The van der Waals surface area contributed by atoms with Crippen molar-refractivity contribution < 1.29 is 0 Å². The van der Waals surface area contributed by atoms with E-state index in [1.165, 1.54) is 19.3 Å². The van der Waals surface area contributed by atoms with Gasteiger partial charge in [0.25, 0.3) is 0 Å². The summed E-state index contributed by atoms with van der Waals surface area (Å²) in [5.74, 6) is 0.831. The summed E-state index contributed by atoms with van der Waals surface area (Å²) in [6.45, 7) is 2.12. The SMILES string of the molecule is c1ccc(-c2ccnc(N3CCCCC3)n2)nc1. The van der Waals surface area contributed by atoms with Gasteiger partial charge in [-0.2, -0.15) is 0 Å². The Morgan fingerprint density at radius 1 is 0.833 bits per heavy atom. The summed E-state index contributed by atoms with van der Waals surface area (Å²) in [6, 6.07) is 7.78. The van der Waals surface area contributed by atoms with Crippen LogP contribution in [0.25, 0.3) is 11.4 Å². The Morgan fingerprint density at radius 2 is 1.72 bits per heavy atom. The zero-order chi connectivity index (χ0) is 12.2. The van der Waals surface area contributed by atoms with Crippen molar-refractivity contribution in [1.29, 1.82) is 0 Å². The van der Waals surface area contributed by atoms with Crippen LogP contribution in [-0.2, 0) is 0 Å². The molecule has 1 fully saturated rings. The highest BCUT2D eigenvalue weighted by Crippen LogP contribution is 2.19. The molecular weight excluding hydrogens is 224 g/mol. The van der Waals surface area contributed by atoms with Gasteiger partial charge in [-0.15, -0.1) is 0 Å². The van der Waals surface area contributed by atoms with E-state index >= 15 is 0 Å². The summed E-state index contributed by atoms with van der Waals surface area (Å²) in [5.41, 5.74) is 1.80. The Bertz CT molecular complexity index is 506. The topological polar surface area (TPSA) is 41.9 Å². The van der Waals surface area contributed by atoms with Gasteiger partial charge in [-0.1, -0.05) is 6.07 Å². The van der Waals surface area contributed by atoms with Crippen LogP contribution in [-0.4, -0.2) is 28.0 Å². The third-order valence-corrected chi connectivity index (χ3v) is 3.21. The van der Waals surface area contributed by atoms with E-state index < -0.39 is 0 Å². The molecule has 0 unspecified atom stereocenters. The van der Waals surface area contributed by atoms with E-state index in [9.17, 15) is 0 Å². The minimum absolute atomic E-state index is 0.831. The molecule has 1 saturated heterocycles. The second-order valence-corrected chi connectivity index (χ2v) is 4.50. The standard InChI is InChI=1S/C14H16N4/c1-4-10-18(11-5-1)14-16-9-7-13(17-14)12-6-2-3-8-15-12/h2-3,6-9H,1,4-5,10-11H2. The van der Waals surface area contributed by atoms with Crippen molar-refractivity contribution in [1.82, 2.24) is 15.0 Å². The number of hydrogen-bond donors (Lipinski definition) is 0. The fraction of sp³-hybridized carbons (Fsp3) is 0.357. The van der Waals surface area contributed by atoms with Crippen molar-refractivity contribution in [3.63, 3.8) is 0 Å². The Morgan fingerprint density at radius 3 is 2.50 bits per heavy atom. The van der Waals surface area contributed by atoms with Gasteiger partial charge in [0.05, 0.1) is 11.4 Å². The molecule has 3 rings (SSSR count). The van der Waals surface area contributed by atoms with Crippen LogP contribution in [0.3, 0.4) is 0 Å². The van der Waals surface area contributed by atoms with Crippen molar-refractivity contribution in [2.75, 3.05) is 18.0 Å². The van der Waals surface area contributed by atoms with Crippen LogP contribution < -0.4 is 4.90 Å². The summed E-state index contributed by atoms with van der Waals surface area (Å²) in [7, 11) is 0. The summed E-state index contributed by atoms with van der Waals surface area (Å²) < 4.78 is 0. The quantitative estimate of drug-likeness (QED) is 0.809. The summed E-state index contributed by atoms with van der Waals surface area (Å²) in [4.78, 5) is 15.6. The van der Waals surface area contributed by atoms with Gasteiger partial charge in [0, 0.05) is 25.5 Å².